The molecule has 0 radical (unpaired) electrons. The molecule has 0 unspecified atom stereocenters. The van der Waals surface area contributed by atoms with Gasteiger partial charge in [-0.15, -0.1) is 0 Å². The highest BCUT2D eigenvalue weighted by atomic mass is 16.2. The van der Waals surface area contributed by atoms with Crippen LogP contribution < -0.4 is 5.73 Å². The minimum atomic E-state index is -0.577. The number of hydrogen-bond acceptors (Lipinski definition) is 4. The number of nitrogens with two attached hydrogens (primary N) is 1. The summed E-state index contributed by atoms with van der Waals surface area (Å²) >= 11 is 0. The highest BCUT2D eigenvalue weighted by molar-refractivity contribution is 6.05. The summed E-state index contributed by atoms with van der Waals surface area (Å²) in [7, 11) is 2.18. The Bertz CT molecular complexity index is 1290. The summed E-state index contributed by atoms with van der Waals surface area (Å²) in [5.74, 6) is -0.661. The molecule has 5 rings (SSSR count). The lowest BCUT2D eigenvalue weighted by Gasteiger charge is -2.32. The van der Waals surface area contributed by atoms with Crippen LogP contribution >= 0.6 is 0 Å². The van der Waals surface area contributed by atoms with E-state index < -0.39 is 5.91 Å². The smallest absolute Gasteiger partial charge is 0.254 e. The van der Waals surface area contributed by atoms with E-state index in [1.165, 1.54) is 11.1 Å². The van der Waals surface area contributed by atoms with Crippen LogP contribution in [-0.4, -0.2) is 66.3 Å². The van der Waals surface area contributed by atoms with E-state index in [-0.39, 0.29) is 18.0 Å². The first-order valence-corrected chi connectivity index (χ1v) is 11.7. The van der Waals surface area contributed by atoms with Gasteiger partial charge in [0.25, 0.3) is 5.91 Å². The van der Waals surface area contributed by atoms with Crippen molar-refractivity contribution >= 4 is 22.6 Å². The third-order valence-electron chi connectivity index (χ3n) is 6.99. The van der Waals surface area contributed by atoms with E-state index in [1.54, 1.807) is 4.90 Å². The van der Waals surface area contributed by atoms with Crippen LogP contribution in [0.4, 0.5) is 0 Å². The van der Waals surface area contributed by atoms with Gasteiger partial charge in [0.1, 0.15) is 0 Å². The number of fused-ring (bicyclic) bond motifs is 3. The fraction of sp³-hybridized carbons (Fsp3) is 0.286. The average Bonchev–Trinajstić information content (AvgIpc) is 3.16. The minimum absolute atomic E-state index is 0.0844. The lowest BCUT2D eigenvalue weighted by atomic mass is 9.95. The van der Waals surface area contributed by atoms with Gasteiger partial charge in [0.15, 0.2) is 0 Å². The molecule has 6 nitrogen and oxygen atoms in total. The van der Waals surface area contributed by atoms with Crippen molar-refractivity contribution in [3.63, 3.8) is 0 Å². The standard InChI is InChI=1S/C28H30N4O2/c1-19(27(29)33)16-32-18-26-24(28(32)34)9-8-21-6-7-23(15-25(21)26)22-5-3-4-20(14-22)17-31-12-10-30(2)11-13-31/h3-9,14-15H,1,10-13,16-18H2,2H3,(H2,29,33). The molecule has 6 heteroatoms. The number of nitrogens with zero attached hydrogens (tertiary/aromatic N) is 3. The molecule has 2 aliphatic rings. The molecule has 0 saturated carbocycles. The maximum Gasteiger partial charge on any atom is 0.254 e. The fourth-order valence-corrected chi connectivity index (χ4v) is 4.91. The van der Waals surface area contributed by atoms with Crippen LogP contribution in [0.15, 0.2) is 66.7 Å². The van der Waals surface area contributed by atoms with Crippen molar-refractivity contribution in [2.75, 3.05) is 39.8 Å². The third-order valence-corrected chi connectivity index (χ3v) is 6.99. The van der Waals surface area contributed by atoms with Crippen LogP contribution in [-0.2, 0) is 17.9 Å². The zero-order valence-corrected chi connectivity index (χ0v) is 19.6. The number of benzene rings is 3. The molecule has 0 bridgehead atoms. The maximum atomic E-state index is 12.9. The summed E-state index contributed by atoms with van der Waals surface area (Å²) in [5, 5.41) is 2.17. The van der Waals surface area contributed by atoms with Gasteiger partial charge in [0, 0.05) is 50.4 Å². The van der Waals surface area contributed by atoms with Crippen molar-refractivity contribution in [2.24, 2.45) is 5.73 Å². The zero-order chi connectivity index (χ0) is 23.8. The van der Waals surface area contributed by atoms with E-state index in [2.05, 4.69) is 65.9 Å². The van der Waals surface area contributed by atoms with Crippen LogP contribution in [0.25, 0.3) is 21.9 Å². The molecule has 3 aromatic rings. The number of rotatable bonds is 6. The molecule has 2 N–H and O–H groups in total. The van der Waals surface area contributed by atoms with E-state index in [0.717, 1.165) is 54.6 Å². The quantitative estimate of drug-likeness (QED) is 0.581. The molecule has 1 fully saturated rings. The second-order valence-corrected chi connectivity index (χ2v) is 9.44. The molecule has 0 aliphatic carbocycles. The molecule has 34 heavy (non-hydrogen) atoms. The van der Waals surface area contributed by atoms with Gasteiger partial charge < -0.3 is 15.5 Å². The van der Waals surface area contributed by atoms with Gasteiger partial charge in [-0.3, -0.25) is 14.5 Å². The van der Waals surface area contributed by atoms with Crippen LogP contribution in [0.2, 0.25) is 0 Å². The van der Waals surface area contributed by atoms with Gasteiger partial charge in [0.2, 0.25) is 5.91 Å². The van der Waals surface area contributed by atoms with Gasteiger partial charge >= 0.3 is 0 Å². The Labute approximate surface area is 200 Å². The Morgan fingerprint density at radius 3 is 2.50 bits per heavy atom. The Morgan fingerprint density at radius 2 is 1.74 bits per heavy atom. The second kappa shape index (κ2) is 9.05. The highest BCUT2D eigenvalue weighted by Gasteiger charge is 2.29. The summed E-state index contributed by atoms with van der Waals surface area (Å²) < 4.78 is 0. The first-order valence-electron chi connectivity index (χ1n) is 11.7. The summed E-state index contributed by atoms with van der Waals surface area (Å²) in [6, 6.07) is 19.1. The highest BCUT2D eigenvalue weighted by Crippen LogP contribution is 2.33. The topological polar surface area (TPSA) is 69.9 Å². The zero-order valence-electron chi connectivity index (χ0n) is 19.6. The Kier molecular flexibility index (Phi) is 5.94. The average molecular weight is 455 g/mol. The van der Waals surface area contributed by atoms with Gasteiger partial charge in [-0.1, -0.05) is 43.0 Å². The van der Waals surface area contributed by atoms with E-state index in [9.17, 15) is 9.59 Å². The largest absolute Gasteiger partial charge is 0.366 e. The lowest BCUT2D eigenvalue weighted by Crippen LogP contribution is -2.43. The first kappa shape index (κ1) is 22.3. The number of likely N-dealkylation sites (N-methyl/N-ethyl adjacent to an activating group) is 1. The molecule has 2 aliphatic heterocycles. The maximum absolute atomic E-state index is 12.9. The molecule has 2 amide bonds. The molecule has 0 atom stereocenters. The normalized spacial score (nSPS) is 16.7. The number of piperazine rings is 1. The molecule has 3 aromatic carbocycles. The Hall–Kier alpha value is -3.48. The van der Waals surface area contributed by atoms with E-state index in [0.29, 0.717) is 12.1 Å². The predicted molar refractivity (Wildman–Crippen MR) is 135 cm³/mol. The number of primary amides is 1. The van der Waals surface area contributed by atoms with Crippen LogP contribution in [0.1, 0.15) is 21.5 Å². The van der Waals surface area contributed by atoms with Crippen molar-refractivity contribution < 1.29 is 9.59 Å². The predicted octanol–water partition coefficient (Wildman–Crippen LogP) is 3.25. The van der Waals surface area contributed by atoms with Gasteiger partial charge in [-0.2, -0.15) is 0 Å². The van der Waals surface area contributed by atoms with Crippen molar-refractivity contribution in [1.82, 2.24) is 14.7 Å². The third kappa shape index (κ3) is 4.34. The Balaban J connectivity index is 1.43. The van der Waals surface area contributed by atoms with Gasteiger partial charge in [-0.25, -0.2) is 0 Å². The molecular weight excluding hydrogens is 424 g/mol. The number of hydrogen-bond donors (Lipinski definition) is 1. The lowest BCUT2D eigenvalue weighted by molar-refractivity contribution is -0.114. The summed E-state index contributed by atoms with van der Waals surface area (Å²) in [6.07, 6.45) is 0. The molecule has 0 aromatic heterocycles. The minimum Gasteiger partial charge on any atom is -0.366 e. The summed E-state index contributed by atoms with van der Waals surface area (Å²) in [5.41, 5.74) is 10.9. The number of carbonyl (C=O) groups excluding carboxylic acids is 2. The summed E-state index contributed by atoms with van der Waals surface area (Å²) in [6.45, 7) is 9.67. The molecule has 1 saturated heterocycles. The van der Waals surface area contributed by atoms with Crippen molar-refractivity contribution in [2.45, 2.75) is 13.1 Å². The van der Waals surface area contributed by atoms with Crippen LogP contribution in [0, 0.1) is 0 Å². The van der Waals surface area contributed by atoms with Crippen LogP contribution in [0.5, 0.6) is 0 Å². The SMILES string of the molecule is C=C(CN1Cc2c(ccc3ccc(-c4cccc(CN5CCN(C)CC5)c4)cc23)C1=O)C(N)=O. The van der Waals surface area contributed by atoms with E-state index >= 15 is 0 Å². The summed E-state index contributed by atoms with van der Waals surface area (Å²) in [4.78, 5) is 30.9. The monoisotopic (exact) mass is 454 g/mol. The van der Waals surface area contributed by atoms with Crippen LogP contribution in [0.3, 0.4) is 0 Å². The molecule has 174 valence electrons. The first-order chi connectivity index (χ1) is 16.4. The Morgan fingerprint density at radius 1 is 1.00 bits per heavy atom. The van der Waals surface area contributed by atoms with E-state index in [4.69, 9.17) is 5.73 Å². The van der Waals surface area contributed by atoms with Crippen molar-refractivity contribution in [3.05, 3.63) is 83.4 Å². The fourth-order valence-electron chi connectivity index (χ4n) is 4.91. The second-order valence-electron chi connectivity index (χ2n) is 9.44. The number of amides is 2. The molecular formula is C28H30N4O2. The molecule has 0 spiro atoms. The molecule has 2 heterocycles. The van der Waals surface area contributed by atoms with Crippen molar-refractivity contribution in [3.8, 4) is 11.1 Å². The number of carbonyl (C=O) groups is 2. The van der Waals surface area contributed by atoms with E-state index in [1.807, 2.05) is 12.1 Å². The van der Waals surface area contributed by atoms with Gasteiger partial charge in [0.05, 0.1) is 6.54 Å². The van der Waals surface area contributed by atoms with Crippen molar-refractivity contribution in [1.29, 1.82) is 0 Å². The van der Waals surface area contributed by atoms with Gasteiger partial charge in [-0.05, 0) is 58.3 Å².